The van der Waals surface area contributed by atoms with Crippen LogP contribution in [-0.2, 0) is 14.4 Å². The number of nitrogens with zero attached hydrogens (tertiary/aromatic N) is 2. The predicted molar refractivity (Wildman–Crippen MR) is 132 cm³/mol. The molecule has 0 aromatic heterocycles. The second-order valence-electron chi connectivity index (χ2n) is 9.01. The van der Waals surface area contributed by atoms with Gasteiger partial charge in [0.2, 0.25) is 11.8 Å². The van der Waals surface area contributed by atoms with Crippen molar-refractivity contribution in [1.29, 1.82) is 0 Å². The van der Waals surface area contributed by atoms with E-state index in [1.54, 1.807) is 0 Å². The van der Waals surface area contributed by atoms with Crippen molar-refractivity contribution in [2.75, 3.05) is 19.7 Å². The molecule has 11 heteroatoms. The summed E-state index contributed by atoms with van der Waals surface area (Å²) >= 11 is 6.11. The molecule has 2 aliphatic rings. The molecule has 3 rings (SSSR count). The van der Waals surface area contributed by atoms with Crippen LogP contribution >= 0.6 is 11.8 Å². The van der Waals surface area contributed by atoms with E-state index in [9.17, 15) is 24.0 Å². The van der Waals surface area contributed by atoms with Gasteiger partial charge in [0.05, 0.1) is 11.1 Å². The number of carbonyl (C=O) groups excluding carboxylic acids is 5. The van der Waals surface area contributed by atoms with E-state index in [0.29, 0.717) is 6.54 Å². The Balaban J connectivity index is 1.48. The highest BCUT2D eigenvalue weighted by molar-refractivity contribution is 6.24. The highest BCUT2D eigenvalue weighted by Crippen LogP contribution is 2.33. The van der Waals surface area contributed by atoms with Crippen molar-refractivity contribution in [1.82, 2.24) is 14.6 Å². The lowest BCUT2D eigenvalue weighted by molar-refractivity contribution is -0.136. The van der Waals surface area contributed by atoms with E-state index in [4.69, 9.17) is 22.2 Å². The average Bonchev–Trinajstić information content (AvgIpc) is 3.11. The molecule has 1 aromatic rings. The minimum Gasteiger partial charge on any atom is -0.483 e. The zero-order chi connectivity index (χ0) is 26.1. The Morgan fingerprint density at radius 3 is 2.36 bits per heavy atom. The largest absolute Gasteiger partial charge is 0.483 e. The minimum atomic E-state index is -1.08. The lowest BCUT2D eigenvalue weighted by Crippen LogP contribution is -2.54. The van der Waals surface area contributed by atoms with Crippen LogP contribution in [0.2, 0.25) is 0 Å². The second-order valence-corrected chi connectivity index (χ2v) is 9.42. The van der Waals surface area contributed by atoms with Gasteiger partial charge in [0.15, 0.2) is 6.61 Å². The van der Waals surface area contributed by atoms with Gasteiger partial charge in [-0.15, -0.1) is 0 Å². The fourth-order valence-electron chi connectivity index (χ4n) is 4.39. The van der Waals surface area contributed by atoms with Crippen LogP contribution in [0.1, 0.15) is 84.9 Å². The van der Waals surface area contributed by atoms with E-state index in [-0.39, 0.29) is 29.7 Å². The normalized spacial score (nSPS) is 17.3. The summed E-state index contributed by atoms with van der Waals surface area (Å²) in [5.74, 6) is -2.87. The maximum absolute atomic E-state index is 13.1. The van der Waals surface area contributed by atoms with Gasteiger partial charge in [0.1, 0.15) is 11.8 Å². The number of benzene rings is 1. The molecular formula is C25H33ClN4O6. The number of unbranched alkanes of at least 4 members (excludes halogenated alkanes) is 7. The summed E-state index contributed by atoms with van der Waals surface area (Å²) in [6.07, 6.45) is 8.65. The predicted octanol–water partition coefficient (Wildman–Crippen LogP) is 2.53. The van der Waals surface area contributed by atoms with Crippen LogP contribution in [-0.4, -0.2) is 64.6 Å². The molecule has 3 N–H and O–H groups in total. The zero-order valence-electron chi connectivity index (χ0n) is 20.3. The first-order chi connectivity index (χ1) is 17.3. The van der Waals surface area contributed by atoms with Crippen molar-refractivity contribution in [3.05, 3.63) is 29.3 Å². The average molecular weight is 521 g/mol. The molecule has 196 valence electrons. The minimum absolute atomic E-state index is 0.00687. The molecule has 10 nitrogen and oxygen atoms in total. The third kappa shape index (κ3) is 6.82. The first-order valence-corrected chi connectivity index (χ1v) is 12.8. The SMILES string of the molecule is NCCCCCCCCCCN(Cl)C(=O)COc1cccc2c1C(=O)N(C1CCC(=O)NC1=O)C2=O. The summed E-state index contributed by atoms with van der Waals surface area (Å²) in [5, 5.41) is 2.16. The lowest BCUT2D eigenvalue weighted by atomic mass is 10.0. The van der Waals surface area contributed by atoms with E-state index in [1.807, 2.05) is 0 Å². The summed E-state index contributed by atoms with van der Waals surface area (Å²) in [4.78, 5) is 62.9. The molecule has 36 heavy (non-hydrogen) atoms. The Hall–Kier alpha value is -2.98. The van der Waals surface area contributed by atoms with Gasteiger partial charge in [-0.05, 0) is 37.9 Å². The van der Waals surface area contributed by atoms with Gasteiger partial charge in [-0.1, -0.05) is 44.6 Å². The molecule has 1 saturated heterocycles. The maximum atomic E-state index is 13.1. The van der Waals surface area contributed by atoms with Crippen LogP contribution in [0.15, 0.2) is 18.2 Å². The van der Waals surface area contributed by atoms with Crippen molar-refractivity contribution in [3.8, 4) is 5.75 Å². The van der Waals surface area contributed by atoms with E-state index in [2.05, 4.69) is 5.32 Å². The lowest BCUT2D eigenvalue weighted by Gasteiger charge is -2.27. The number of hydrogen-bond donors (Lipinski definition) is 2. The molecule has 2 heterocycles. The van der Waals surface area contributed by atoms with Crippen molar-refractivity contribution < 1.29 is 28.7 Å². The summed E-state index contributed by atoms with van der Waals surface area (Å²) in [5.41, 5.74) is 5.56. The van der Waals surface area contributed by atoms with Crippen LogP contribution in [0.5, 0.6) is 5.75 Å². The van der Waals surface area contributed by atoms with E-state index in [1.165, 1.54) is 37.5 Å². The van der Waals surface area contributed by atoms with Crippen LogP contribution < -0.4 is 15.8 Å². The van der Waals surface area contributed by atoms with Crippen molar-refractivity contribution in [2.45, 2.75) is 70.3 Å². The molecule has 1 atom stereocenters. The van der Waals surface area contributed by atoms with Gasteiger partial charge < -0.3 is 10.5 Å². The summed E-state index contributed by atoms with van der Waals surface area (Å²) < 4.78 is 6.66. The molecular weight excluding hydrogens is 488 g/mol. The molecule has 1 aromatic carbocycles. The Morgan fingerprint density at radius 1 is 1.03 bits per heavy atom. The molecule has 0 aliphatic carbocycles. The number of carbonyl (C=O) groups is 5. The van der Waals surface area contributed by atoms with Crippen LogP contribution in [0.25, 0.3) is 0 Å². The Bertz CT molecular complexity index is 1000. The number of amides is 5. The highest BCUT2D eigenvalue weighted by atomic mass is 35.5. The number of hydrogen-bond acceptors (Lipinski definition) is 7. The van der Waals surface area contributed by atoms with Gasteiger partial charge in [-0.25, -0.2) is 0 Å². The van der Waals surface area contributed by atoms with Crippen molar-refractivity contribution in [2.24, 2.45) is 5.73 Å². The number of rotatable bonds is 14. The maximum Gasteiger partial charge on any atom is 0.274 e. The molecule has 2 aliphatic heterocycles. The second kappa shape index (κ2) is 13.4. The number of halogens is 1. The van der Waals surface area contributed by atoms with Gasteiger partial charge in [0.25, 0.3) is 17.7 Å². The quantitative estimate of drug-likeness (QED) is 0.218. The van der Waals surface area contributed by atoms with Gasteiger partial charge in [-0.2, -0.15) is 0 Å². The highest BCUT2D eigenvalue weighted by Gasteiger charge is 2.46. The van der Waals surface area contributed by atoms with Gasteiger partial charge >= 0.3 is 0 Å². The van der Waals surface area contributed by atoms with Crippen molar-refractivity contribution in [3.63, 3.8) is 0 Å². The number of piperidine rings is 1. The smallest absolute Gasteiger partial charge is 0.274 e. The number of ether oxygens (including phenoxy) is 1. The topological polar surface area (TPSA) is 139 Å². The van der Waals surface area contributed by atoms with Gasteiger partial charge in [-0.3, -0.25) is 38.6 Å². The molecule has 1 unspecified atom stereocenters. The Morgan fingerprint density at radius 2 is 1.69 bits per heavy atom. The molecule has 5 amide bonds. The van der Waals surface area contributed by atoms with E-state index >= 15 is 0 Å². The number of nitrogens with one attached hydrogen (secondary N) is 1. The monoisotopic (exact) mass is 520 g/mol. The molecule has 0 spiro atoms. The number of imide groups is 2. The fourth-order valence-corrected chi connectivity index (χ4v) is 4.56. The Labute approximate surface area is 215 Å². The first-order valence-electron chi connectivity index (χ1n) is 12.5. The molecule has 0 radical (unpaired) electrons. The zero-order valence-corrected chi connectivity index (χ0v) is 21.1. The summed E-state index contributed by atoms with van der Waals surface area (Å²) in [6.45, 7) is 0.719. The third-order valence-corrected chi connectivity index (χ3v) is 6.72. The van der Waals surface area contributed by atoms with Crippen LogP contribution in [0, 0.1) is 0 Å². The number of fused-ring (bicyclic) bond motifs is 1. The van der Waals surface area contributed by atoms with E-state index in [0.717, 1.165) is 48.0 Å². The molecule has 1 fully saturated rings. The number of nitrogens with two attached hydrogens (primary N) is 1. The third-order valence-electron chi connectivity index (χ3n) is 6.36. The fraction of sp³-hybridized carbons (Fsp3) is 0.560. The van der Waals surface area contributed by atoms with Crippen molar-refractivity contribution >= 4 is 41.3 Å². The molecule has 0 bridgehead atoms. The molecule has 0 saturated carbocycles. The standard InChI is InChI=1S/C25H33ClN4O6/c26-29(15-8-6-4-2-1-3-5-7-14-27)21(32)16-36-19-11-9-10-17-22(19)25(35)30(24(17)34)18-12-13-20(31)28-23(18)33/h9-11,18H,1-8,12-16,27H2,(H,28,31,33). The van der Waals surface area contributed by atoms with E-state index < -0.39 is 42.2 Å². The van der Waals surface area contributed by atoms with Crippen LogP contribution in [0.4, 0.5) is 0 Å². The van der Waals surface area contributed by atoms with Gasteiger partial charge in [0, 0.05) is 24.7 Å². The summed E-state index contributed by atoms with van der Waals surface area (Å²) in [7, 11) is 0. The Kier molecular flexibility index (Phi) is 10.2. The van der Waals surface area contributed by atoms with Crippen LogP contribution in [0.3, 0.4) is 0 Å². The first kappa shape index (κ1) is 27.6. The summed E-state index contributed by atoms with van der Waals surface area (Å²) in [6, 6.07) is 3.40.